The number of hydrogen-bond donors (Lipinski definition) is 2. The van der Waals surface area contributed by atoms with Crippen LogP contribution < -0.4 is 19.7 Å². The summed E-state index contributed by atoms with van der Waals surface area (Å²) in [5.41, 5.74) is 1.36. The fourth-order valence-electron chi connectivity index (χ4n) is 2.70. The minimum absolute atomic E-state index is 0.101. The van der Waals surface area contributed by atoms with Gasteiger partial charge in [0.05, 0.1) is 30.8 Å². The van der Waals surface area contributed by atoms with Crippen LogP contribution in [0.5, 0.6) is 11.5 Å². The number of nitrogens with one attached hydrogen (secondary N) is 2. The quantitative estimate of drug-likeness (QED) is 0.362. The Morgan fingerprint density at radius 2 is 2.00 bits per heavy atom. The molecule has 154 valence electrons. The molecule has 0 saturated carbocycles. The first-order chi connectivity index (χ1) is 13.8. The number of non-ortho nitro benzene ring substituents is 1. The normalized spacial score (nSPS) is 12.5. The molecule has 2 N–H and O–H groups in total. The largest absolute Gasteiger partial charge is 0.494 e. The van der Waals surface area contributed by atoms with E-state index >= 15 is 0 Å². The highest BCUT2D eigenvalue weighted by Gasteiger charge is 2.23. The predicted molar refractivity (Wildman–Crippen MR) is 110 cm³/mol. The Morgan fingerprint density at radius 1 is 1.31 bits per heavy atom. The molecule has 0 spiro atoms. The van der Waals surface area contributed by atoms with Crippen LogP contribution in [-0.4, -0.2) is 37.6 Å². The summed E-state index contributed by atoms with van der Waals surface area (Å²) in [6.45, 7) is 6.54. The Labute approximate surface area is 169 Å². The van der Waals surface area contributed by atoms with Gasteiger partial charge >= 0.3 is 0 Å². The molecule has 0 heterocycles. The van der Waals surface area contributed by atoms with Crippen LogP contribution in [-0.2, 0) is 11.3 Å². The van der Waals surface area contributed by atoms with Crippen LogP contribution in [0.2, 0.25) is 0 Å². The molecule has 29 heavy (non-hydrogen) atoms. The van der Waals surface area contributed by atoms with Crippen molar-refractivity contribution >= 4 is 17.3 Å². The molecule has 8 nitrogen and oxygen atoms in total. The maximum Gasteiger partial charge on any atom is 0.282 e. The summed E-state index contributed by atoms with van der Waals surface area (Å²) >= 11 is 0. The second kappa shape index (κ2) is 10.2. The summed E-state index contributed by atoms with van der Waals surface area (Å²) < 4.78 is 10.6. The second-order valence-electron chi connectivity index (χ2n) is 6.62. The van der Waals surface area contributed by atoms with Crippen molar-refractivity contribution < 1.29 is 24.1 Å². The molecule has 2 aromatic rings. The van der Waals surface area contributed by atoms with E-state index in [4.69, 9.17) is 9.47 Å². The average Bonchev–Trinajstić information content (AvgIpc) is 2.72. The Kier molecular flexibility index (Phi) is 7.73. The Balaban J connectivity index is 2.00. The number of benzene rings is 2. The zero-order valence-electron chi connectivity index (χ0n) is 16.8. The molecule has 0 aliphatic rings. The number of anilines is 1. The highest BCUT2D eigenvalue weighted by molar-refractivity contribution is 5.95. The number of nitro benzene ring substituents is 1. The molecular formula is C21H26N3O5+. The number of methoxy groups -OCH3 is 1. The first-order valence-electron chi connectivity index (χ1n) is 9.14. The number of hydrogen-bond acceptors (Lipinski definition) is 5. The maximum absolute atomic E-state index is 12.7. The van der Waals surface area contributed by atoms with Gasteiger partial charge in [-0.15, -0.1) is 0 Å². The number of likely N-dealkylation sites (N-methyl/N-ethyl adjacent to an activating group) is 1. The second-order valence-corrected chi connectivity index (χ2v) is 6.62. The lowest BCUT2D eigenvalue weighted by Crippen LogP contribution is -3.12. The van der Waals surface area contributed by atoms with Crippen LogP contribution in [0.1, 0.15) is 12.5 Å². The van der Waals surface area contributed by atoms with Gasteiger partial charge in [-0.05, 0) is 37.3 Å². The van der Waals surface area contributed by atoms with Crippen molar-refractivity contribution in [3.8, 4) is 11.5 Å². The molecule has 0 aromatic heterocycles. The predicted octanol–water partition coefficient (Wildman–Crippen LogP) is 2.21. The Bertz CT molecular complexity index is 867. The molecule has 2 aromatic carbocycles. The van der Waals surface area contributed by atoms with E-state index in [9.17, 15) is 14.9 Å². The van der Waals surface area contributed by atoms with Crippen molar-refractivity contribution in [1.82, 2.24) is 0 Å². The van der Waals surface area contributed by atoms with E-state index in [0.29, 0.717) is 18.8 Å². The van der Waals surface area contributed by atoms with Crippen LogP contribution in [0.4, 0.5) is 11.4 Å². The summed E-state index contributed by atoms with van der Waals surface area (Å²) in [6, 6.07) is 11.4. The van der Waals surface area contributed by atoms with E-state index in [1.165, 1.54) is 25.3 Å². The van der Waals surface area contributed by atoms with E-state index in [0.717, 1.165) is 16.2 Å². The molecule has 0 radical (unpaired) electrons. The minimum atomic E-state index is -0.512. The van der Waals surface area contributed by atoms with Gasteiger partial charge in [-0.3, -0.25) is 14.9 Å². The van der Waals surface area contributed by atoms with Crippen molar-refractivity contribution in [3.63, 3.8) is 0 Å². The number of carbonyl (C=O) groups excluding carboxylic acids is 1. The van der Waals surface area contributed by atoms with E-state index in [2.05, 4.69) is 11.9 Å². The van der Waals surface area contributed by atoms with E-state index in [1.54, 1.807) is 6.08 Å². The number of nitrogens with zero attached hydrogens (tertiary/aromatic N) is 1. The van der Waals surface area contributed by atoms with Gasteiger partial charge in [0.1, 0.15) is 24.7 Å². The Morgan fingerprint density at radius 3 is 2.59 bits per heavy atom. The molecule has 1 unspecified atom stereocenters. The molecule has 2 rings (SSSR count). The van der Waals surface area contributed by atoms with Crippen LogP contribution in [0.15, 0.2) is 55.1 Å². The number of carbonyl (C=O) groups is 1. The van der Waals surface area contributed by atoms with Crippen molar-refractivity contribution in [1.29, 1.82) is 0 Å². The fourth-order valence-corrected chi connectivity index (χ4v) is 2.70. The smallest absolute Gasteiger partial charge is 0.282 e. The van der Waals surface area contributed by atoms with E-state index < -0.39 is 4.92 Å². The first kappa shape index (κ1) is 21.9. The SMILES string of the molecule is C=CCOc1ccc(C[NH+](C)[C@H](C)C(=O)Nc2ccc([N+](=O)[O-])cc2OC)cc1. The van der Waals surface area contributed by atoms with Gasteiger partial charge in [-0.25, -0.2) is 0 Å². The number of ether oxygens (including phenoxy) is 2. The Hall–Kier alpha value is -3.39. The van der Waals surface area contributed by atoms with Gasteiger partial charge in [-0.2, -0.15) is 0 Å². The van der Waals surface area contributed by atoms with Crippen molar-refractivity contribution in [2.24, 2.45) is 0 Å². The summed E-state index contributed by atoms with van der Waals surface area (Å²) in [7, 11) is 3.33. The standard InChI is InChI=1S/C21H25N3O5/c1-5-12-29-18-9-6-16(7-10-18)14-23(3)15(2)21(25)22-19-11-8-17(24(26)27)13-20(19)28-4/h5-11,13,15H,1,12,14H2,2-4H3,(H,22,25)/p+1/t15-/m1/s1. The fraction of sp³-hybridized carbons (Fsp3) is 0.286. The van der Waals surface area contributed by atoms with Crippen LogP contribution in [0, 0.1) is 10.1 Å². The van der Waals surface area contributed by atoms with Crippen LogP contribution in [0.25, 0.3) is 0 Å². The molecule has 0 saturated heterocycles. The van der Waals surface area contributed by atoms with E-state index in [1.807, 2.05) is 38.2 Å². The third-order valence-electron chi connectivity index (χ3n) is 4.56. The van der Waals surface area contributed by atoms with Crippen molar-refractivity contribution in [2.75, 3.05) is 26.1 Å². The van der Waals surface area contributed by atoms with Gasteiger partial charge in [0.2, 0.25) is 0 Å². The summed E-state index contributed by atoms with van der Waals surface area (Å²) in [5, 5.41) is 13.7. The minimum Gasteiger partial charge on any atom is -0.494 e. The lowest BCUT2D eigenvalue weighted by molar-refractivity contribution is -0.907. The molecule has 0 aliphatic carbocycles. The van der Waals surface area contributed by atoms with E-state index in [-0.39, 0.29) is 23.4 Å². The summed E-state index contributed by atoms with van der Waals surface area (Å²) in [5.74, 6) is 0.801. The van der Waals surface area contributed by atoms with Gasteiger partial charge in [0.15, 0.2) is 6.04 Å². The zero-order valence-corrected chi connectivity index (χ0v) is 16.8. The maximum atomic E-state index is 12.7. The number of amides is 1. The van der Waals surface area contributed by atoms with Crippen LogP contribution in [0.3, 0.4) is 0 Å². The third-order valence-corrected chi connectivity index (χ3v) is 4.56. The van der Waals surface area contributed by atoms with Gasteiger partial charge in [-0.1, -0.05) is 12.7 Å². The highest BCUT2D eigenvalue weighted by Crippen LogP contribution is 2.29. The monoisotopic (exact) mass is 400 g/mol. The molecular weight excluding hydrogens is 374 g/mol. The third kappa shape index (κ3) is 6.05. The molecule has 2 atom stereocenters. The number of rotatable bonds is 10. The molecule has 0 aliphatic heterocycles. The lowest BCUT2D eigenvalue weighted by Gasteiger charge is -2.21. The lowest BCUT2D eigenvalue weighted by atomic mass is 10.1. The van der Waals surface area contributed by atoms with Gasteiger partial charge < -0.3 is 19.7 Å². The van der Waals surface area contributed by atoms with Gasteiger partial charge in [0, 0.05) is 11.6 Å². The van der Waals surface area contributed by atoms with Gasteiger partial charge in [0.25, 0.3) is 11.6 Å². The number of nitro groups is 1. The average molecular weight is 400 g/mol. The topological polar surface area (TPSA) is 95.1 Å². The number of quaternary nitrogens is 1. The zero-order chi connectivity index (χ0) is 21.4. The summed E-state index contributed by atoms with van der Waals surface area (Å²) in [6.07, 6.45) is 1.69. The highest BCUT2D eigenvalue weighted by atomic mass is 16.6. The first-order valence-corrected chi connectivity index (χ1v) is 9.14. The molecule has 0 bridgehead atoms. The molecule has 1 amide bonds. The molecule has 8 heteroatoms. The summed E-state index contributed by atoms with van der Waals surface area (Å²) in [4.78, 5) is 24.0. The van der Waals surface area contributed by atoms with Crippen LogP contribution >= 0.6 is 0 Å². The molecule has 0 fully saturated rings. The van der Waals surface area contributed by atoms with Crippen molar-refractivity contribution in [2.45, 2.75) is 19.5 Å². The van der Waals surface area contributed by atoms with Crippen molar-refractivity contribution in [3.05, 3.63) is 70.8 Å².